The fraction of sp³-hybridized carbons (Fsp3) is 0.441. The van der Waals surface area contributed by atoms with Crippen molar-refractivity contribution >= 4 is 65.1 Å². The molecule has 2 aliphatic rings. The van der Waals surface area contributed by atoms with Crippen LogP contribution in [0.25, 0.3) is 16.3 Å². The average molecular weight is 734 g/mol. The van der Waals surface area contributed by atoms with E-state index >= 15 is 0 Å². The molecule has 2 aromatic carbocycles. The van der Waals surface area contributed by atoms with Crippen molar-refractivity contribution in [2.45, 2.75) is 34.5 Å². The van der Waals surface area contributed by atoms with E-state index in [0.717, 1.165) is 43.7 Å². The van der Waals surface area contributed by atoms with E-state index in [0.29, 0.717) is 35.1 Å². The van der Waals surface area contributed by atoms with Crippen molar-refractivity contribution in [1.82, 2.24) is 9.44 Å². The highest BCUT2D eigenvalue weighted by Crippen LogP contribution is 2.47. The molecule has 0 bridgehead atoms. The SMILES string of the molecule is CC1=C(/C=C2\Sc3cc(S(=O)(=O)NCC[N+](C)(C)C)ccc3N2C)CCC1=Cc1sc2cc(S(=O)(=O)NCC[N+](C)(C)C)ccc2[n+]1C. The van der Waals surface area contributed by atoms with E-state index in [2.05, 4.69) is 38.0 Å². The number of anilines is 1. The summed E-state index contributed by atoms with van der Waals surface area (Å²) >= 11 is 3.18. The Morgan fingerprint density at radius 1 is 0.854 bits per heavy atom. The van der Waals surface area contributed by atoms with Crippen LogP contribution in [-0.4, -0.2) is 101 Å². The quantitative estimate of drug-likeness (QED) is 0.213. The summed E-state index contributed by atoms with van der Waals surface area (Å²) in [6.07, 6.45) is 6.28. The van der Waals surface area contributed by atoms with Gasteiger partial charge < -0.3 is 13.9 Å². The number of aromatic nitrogens is 1. The van der Waals surface area contributed by atoms with Gasteiger partial charge in [0.25, 0.3) is 5.01 Å². The summed E-state index contributed by atoms with van der Waals surface area (Å²) in [6, 6.07) is 10.7. The Hall–Kier alpha value is -2.56. The van der Waals surface area contributed by atoms with Crippen LogP contribution in [-0.2, 0) is 27.1 Å². The van der Waals surface area contributed by atoms with Gasteiger partial charge in [0.05, 0.1) is 89.0 Å². The lowest BCUT2D eigenvalue weighted by atomic mass is 10.1. The molecule has 0 unspecified atom stereocenters. The number of fused-ring (bicyclic) bond motifs is 2. The van der Waals surface area contributed by atoms with Crippen molar-refractivity contribution in [3.8, 4) is 0 Å². The molecule has 0 atom stereocenters. The molecule has 0 saturated carbocycles. The number of benzene rings is 2. The van der Waals surface area contributed by atoms with Crippen molar-refractivity contribution in [3.63, 3.8) is 0 Å². The monoisotopic (exact) mass is 733 g/mol. The first-order valence-corrected chi connectivity index (χ1v) is 20.5. The first-order valence-electron chi connectivity index (χ1n) is 15.9. The van der Waals surface area contributed by atoms with Crippen molar-refractivity contribution in [1.29, 1.82) is 0 Å². The highest BCUT2D eigenvalue weighted by Gasteiger charge is 2.28. The summed E-state index contributed by atoms with van der Waals surface area (Å²) in [7, 11) is 9.05. The van der Waals surface area contributed by atoms with E-state index in [9.17, 15) is 16.8 Å². The molecule has 2 heterocycles. The number of allylic oxidation sites excluding steroid dienone is 4. The smallest absolute Gasteiger partial charge is 0.262 e. The van der Waals surface area contributed by atoms with Gasteiger partial charge in [-0.05, 0) is 72.9 Å². The number of quaternary nitrogens is 2. The van der Waals surface area contributed by atoms with Crippen LogP contribution in [0.15, 0.2) is 78.9 Å². The number of rotatable bonds is 12. The molecule has 48 heavy (non-hydrogen) atoms. The summed E-state index contributed by atoms with van der Waals surface area (Å²) < 4.78 is 61.9. The second-order valence-electron chi connectivity index (χ2n) is 14.5. The van der Waals surface area contributed by atoms with Gasteiger partial charge in [-0.25, -0.2) is 26.3 Å². The zero-order valence-corrected chi connectivity index (χ0v) is 32.7. The summed E-state index contributed by atoms with van der Waals surface area (Å²) in [6.45, 7) is 4.30. The minimum absolute atomic E-state index is 0.281. The Balaban J connectivity index is 1.33. The van der Waals surface area contributed by atoms with E-state index < -0.39 is 20.0 Å². The molecule has 2 N–H and O–H groups in total. The molecule has 1 aromatic heterocycles. The van der Waals surface area contributed by atoms with Gasteiger partial charge in [0, 0.05) is 24.1 Å². The molecular formula is C34H49N6O4S4+3. The van der Waals surface area contributed by atoms with Gasteiger partial charge >= 0.3 is 0 Å². The summed E-state index contributed by atoms with van der Waals surface area (Å²) in [5, 5.41) is 2.12. The maximum atomic E-state index is 13.0. The first kappa shape index (κ1) is 36.7. The van der Waals surface area contributed by atoms with Crippen LogP contribution in [0, 0.1) is 0 Å². The number of nitrogens with one attached hydrogen (secondary N) is 2. The normalized spacial score (nSPS) is 17.8. The van der Waals surface area contributed by atoms with Crippen LogP contribution in [0.4, 0.5) is 5.69 Å². The maximum absolute atomic E-state index is 13.0. The van der Waals surface area contributed by atoms with Gasteiger partial charge in [-0.15, -0.1) is 0 Å². The van der Waals surface area contributed by atoms with Gasteiger partial charge in [0.2, 0.25) is 25.6 Å². The Morgan fingerprint density at radius 2 is 1.44 bits per heavy atom. The Labute approximate surface area is 294 Å². The molecule has 1 aliphatic carbocycles. The number of aryl methyl sites for hydroxylation is 1. The molecule has 14 heteroatoms. The Kier molecular flexibility index (Phi) is 10.4. The lowest BCUT2D eigenvalue weighted by molar-refractivity contribution is -0.869. The van der Waals surface area contributed by atoms with Crippen LogP contribution in [0.3, 0.4) is 0 Å². The van der Waals surface area contributed by atoms with E-state index in [-0.39, 0.29) is 9.79 Å². The first-order chi connectivity index (χ1) is 22.2. The number of hydrogen-bond acceptors (Lipinski definition) is 7. The summed E-state index contributed by atoms with van der Waals surface area (Å²) in [5.74, 6) is 0. The van der Waals surface area contributed by atoms with Gasteiger partial charge in [-0.1, -0.05) is 23.1 Å². The van der Waals surface area contributed by atoms with Crippen LogP contribution in [0.1, 0.15) is 24.8 Å². The molecule has 1 aliphatic heterocycles. The molecular weight excluding hydrogens is 685 g/mol. The molecule has 3 aromatic rings. The summed E-state index contributed by atoms with van der Waals surface area (Å²) in [5.41, 5.74) is 5.74. The number of hydrogen-bond donors (Lipinski definition) is 2. The van der Waals surface area contributed by atoms with E-state index in [1.807, 2.05) is 68.5 Å². The lowest BCUT2D eigenvalue weighted by Gasteiger charge is -2.23. The fourth-order valence-corrected chi connectivity index (χ4v) is 10.2. The minimum Gasteiger partial charge on any atom is -0.338 e. The second kappa shape index (κ2) is 13.6. The van der Waals surface area contributed by atoms with Crippen molar-refractivity contribution in [3.05, 3.63) is 69.2 Å². The molecule has 0 saturated heterocycles. The van der Waals surface area contributed by atoms with Crippen molar-refractivity contribution in [2.75, 3.05) is 80.4 Å². The molecule has 5 rings (SSSR count). The third-order valence-electron chi connectivity index (χ3n) is 8.67. The van der Waals surface area contributed by atoms with Gasteiger partial charge in [-0.2, -0.15) is 4.57 Å². The van der Waals surface area contributed by atoms with Crippen molar-refractivity contribution in [2.24, 2.45) is 7.05 Å². The van der Waals surface area contributed by atoms with Gasteiger partial charge in [0.1, 0.15) is 11.7 Å². The zero-order chi connectivity index (χ0) is 35.2. The summed E-state index contributed by atoms with van der Waals surface area (Å²) in [4.78, 5) is 3.61. The van der Waals surface area contributed by atoms with Crippen LogP contribution in [0.5, 0.6) is 0 Å². The standard InChI is InChI=1S/C34H49N6O4S4/c1-24-25(20-33-37(2)29-14-12-27(22-31(29)45-33)47(41,42)35-16-18-39(4,5)6)10-11-26(24)21-34-38(3)30-15-13-28(23-32(30)46-34)48(43,44)36-17-19-40(7,8)9/h12-15,20-23,35-36H,10-11,16-19H2,1-9H3/q+3. The number of sulfonamides is 2. The van der Waals surface area contributed by atoms with Gasteiger partial charge in [0.15, 0.2) is 0 Å². The fourth-order valence-electron chi connectivity index (χ4n) is 5.60. The molecule has 0 fully saturated rings. The molecule has 10 nitrogen and oxygen atoms in total. The van der Waals surface area contributed by atoms with Crippen LogP contribution in [0.2, 0.25) is 0 Å². The highest BCUT2D eigenvalue weighted by atomic mass is 32.2. The molecule has 0 radical (unpaired) electrons. The van der Waals surface area contributed by atoms with Gasteiger partial charge in [-0.3, -0.25) is 0 Å². The second-order valence-corrected chi connectivity index (χ2v) is 20.2. The van der Waals surface area contributed by atoms with Crippen LogP contribution >= 0.6 is 23.1 Å². The van der Waals surface area contributed by atoms with Crippen molar-refractivity contribution < 1.29 is 30.4 Å². The van der Waals surface area contributed by atoms with E-state index in [1.54, 1.807) is 47.4 Å². The zero-order valence-electron chi connectivity index (χ0n) is 29.4. The van der Waals surface area contributed by atoms with E-state index in [4.69, 9.17) is 0 Å². The Bertz CT molecular complexity index is 2050. The third kappa shape index (κ3) is 8.41. The predicted molar refractivity (Wildman–Crippen MR) is 198 cm³/mol. The average Bonchev–Trinajstić information content (AvgIpc) is 3.59. The van der Waals surface area contributed by atoms with Crippen LogP contribution < -0.4 is 18.9 Å². The number of thioether (sulfide) groups is 1. The topological polar surface area (TPSA) is 99.5 Å². The molecule has 260 valence electrons. The van der Waals surface area contributed by atoms with E-state index in [1.165, 1.54) is 16.7 Å². The largest absolute Gasteiger partial charge is 0.338 e. The lowest BCUT2D eigenvalue weighted by Crippen LogP contribution is -2.41. The predicted octanol–water partition coefficient (Wildman–Crippen LogP) is 4.27. The molecule has 0 amide bonds. The minimum atomic E-state index is -3.60. The number of nitrogens with zero attached hydrogens (tertiary/aromatic N) is 4. The third-order valence-corrected chi connectivity index (χ3v) is 13.9. The highest BCUT2D eigenvalue weighted by molar-refractivity contribution is 8.03. The molecule has 0 spiro atoms. The number of likely N-dealkylation sites (N-methyl/N-ethyl adjacent to an activating group) is 2. The maximum Gasteiger partial charge on any atom is 0.262 e. The number of thiazole rings is 1. The Morgan fingerprint density at radius 3 is 2.04 bits per heavy atom.